The molecule has 0 saturated carbocycles. The normalized spacial score (nSPS) is 24.8. The standard InChI is InChI=1S/C13H12N2O4/c1-15-12(19)14-11(18)13(15)5-8-3-2-7(10(16)17)4-9(8)6-13/h2-4H,5-6H2,1H3,(H,16,17)(H,14,18,19)/t13-/m1/s1. The first kappa shape index (κ1) is 11.7. The summed E-state index contributed by atoms with van der Waals surface area (Å²) in [5, 5.41) is 11.3. The van der Waals surface area contributed by atoms with E-state index in [9.17, 15) is 14.4 Å². The third kappa shape index (κ3) is 1.46. The van der Waals surface area contributed by atoms with E-state index in [0.29, 0.717) is 12.8 Å². The molecule has 0 unspecified atom stereocenters. The Bertz CT molecular complexity index is 625. The van der Waals surface area contributed by atoms with Crippen LogP contribution in [0, 0.1) is 0 Å². The Kier molecular flexibility index (Phi) is 2.20. The first-order chi connectivity index (χ1) is 8.94. The van der Waals surface area contributed by atoms with Crippen LogP contribution in [-0.2, 0) is 17.6 Å². The van der Waals surface area contributed by atoms with Gasteiger partial charge in [-0.2, -0.15) is 0 Å². The fourth-order valence-corrected chi connectivity index (χ4v) is 2.83. The topological polar surface area (TPSA) is 86.7 Å². The zero-order valence-corrected chi connectivity index (χ0v) is 10.3. The van der Waals surface area contributed by atoms with Gasteiger partial charge in [-0.05, 0) is 23.3 Å². The first-order valence-corrected chi connectivity index (χ1v) is 5.88. The number of urea groups is 1. The van der Waals surface area contributed by atoms with Gasteiger partial charge in [-0.15, -0.1) is 0 Å². The molecule has 98 valence electrons. The zero-order chi connectivity index (χ0) is 13.8. The van der Waals surface area contributed by atoms with Gasteiger partial charge in [0, 0.05) is 19.9 Å². The highest BCUT2D eigenvalue weighted by Gasteiger charge is 2.54. The van der Waals surface area contributed by atoms with Crippen molar-refractivity contribution in [1.82, 2.24) is 10.2 Å². The number of hydrogen-bond acceptors (Lipinski definition) is 3. The maximum absolute atomic E-state index is 12.0. The molecule has 6 nitrogen and oxygen atoms in total. The molecule has 19 heavy (non-hydrogen) atoms. The average molecular weight is 260 g/mol. The molecule has 2 aliphatic rings. The van der Waals surface area contributed by atoms with Gasteiger partial charge >= 0.3 is 12.0 Å². The van der Waals surface area contributed by atoms with Crippen molar-refractivity contribution in [3.8, 4) is 0 Å². The average Bonchev–Trinajstić information content (AvgIpc) is 2.84. The van der Waals surface area contributed by atoms with Crippen LogP contribution in [0.2, 0.25) is 0 Å². The molecule has 0 aromatic heterocycles. The van der Waals surface area contributed by atoms with Gasteiger partial charge in [0.2, 0.25) is 0 Å². The molecule has 2 N–H and O–H groups in total. The van der Waals surface area contributed by atoms with Crippen LogP contribution < -0.4 is 5.32 Å². The summed E-state index contributed by atoms with van der Waals surface area (Å²) >= 11 is 0. The van der Waals surface area contributed by atoms with Gasteiger partial charge in [-0.25, -0.2) is 9.59 Å². The lowest BCUT2D eigenvalue weighted by Gasteiger charge is -2.27. The van der Waals surface area contributed by atoms with Gasteiger partial charge in [0.15, 0.2) is 0 Å². The Labute approximate surface area is 109 Å². The molecular formula is C13H12N2O4. The monoisotopic (exact) mass is 260 g/mol. The number of aromatic carboxylic acids is 1. The summed E-state index contributed by atoms with van der Waals surface area (Å²) < 4.78 is 0. The summed E-state index contributed by atoms with van der Waals surface area (Å²) in [4.78, 5) is 36.0. The number of amides is 3. The lowest BCUT2D eigenvalue weighted by molar-refractivity contribution is -0.125. The number of benzene rings is 1. The second-order valence-electron chi connectivity index (χ2n) is 4.99. The van der Waals surface area contributed by atoms with Crippen LogP contribution in [0.3, 0.4) is 0 Å². The van der Waals surface area contributed by atoms with Gasteiger partial charge < -0.3 is 10.0 Å². The Morgan fingerprint density at radius 1 is 1.32 bits per heavy atom. The maximum Gasteiger partial charge on any atom is 0.335 e. The van der Waals surface area contributed by atoms with Crippen molar-refractivity contribution >= 4 is 17.9 Å². The van der Waals surface area contributed by atoms with E-state index in [1.807, 2.05) is 0 Å². The van der Waals surface area contributed by atoms with Crippen molar-refractivity contribution in [3.05, 3.63) is 34.9 Å². The minimum atomic E-state index is -0.996. The summed E-state index contributed by atoms with van der Waals surface area (Å²) in [5.41, 5.74) is 1.04. The van der Waals surface area contributed by atoms with Crippen molar-refractivity contribution in [2.75, 3.05) is 7.05 Å². The molecule has 1 saturated heterocycles. The van der Waals surface area contributed by atoms with Crippen LogP contribution in [0.1, 0.15) is 21.5 Å². The number of likely N-dealkylation sites (N-methyl/N-ethyl adjacent to an activating group) is 1. The highest BCUT2D eigenvalue weighted by molar-refractivity contribution is 6.07. The maximum atomic E-state index is 12.0. The van der Waals surface area contributed by atoms with Gasteiger partial charge in [0.1, 0.15) is 5.54 Å². The van der Waals surface area contributed by atoms with Gasteiger partial charge in [-0.3, -0.25) is 10.1 Å². The molecule has 1 aromatic rings. The third-order valence-electron chi connectivity index (χ3n) is 4.01. The number of nitrogens with one attached hydrogen (secondary N) is 1. The summed E-state index contributed by atoms with van der Waals surface area (Å²) in [6.45, 7) is 0. The van der Waals surface area contributed by atoms with Gasteiger partial charge in [0.05, 0.1) is 5.56 Å². The number of carboxylic acids is 1. The van der Waals surface area contributed by atoms with Crippen LogP contribution in [0.5, 0.6) is 0 Å². The fourth-order valence-electron chi connectivity index (χ4n) is 2.83. The molecule has 1 heterocycles. The first-order valence-electron chi connectivity index (χ1n) is 5.88. The van der Waals surface area contributed by atoms with Crippen LogP contribution in [0.15, 0.2) is 18.2 Å². The summed E-state index contributed by atoms with van der Waals surface area (Å²) in [6.07, 6.45) is 0.786. The van der Waals surface area contributed by atoms with Crippen molar-refractivity contribution in [3.63, 3.8) is 0 Å². The zero-order valence-electron chi connectivity index (χ0n) is 10.3. The van der Waals surface area contributed by atoms with Crippen molar-refractivity contribution in [1.29, 1.82) is 0 Å². The van der Waals surface area contributed by atoms with Crippen LogP contribution in [0.4, 0.5) is 4.79 Å². The number of hydrogen-bond donors (Lipinski definition) is 2. The van der Waals surface area contributed by atoms with Crippen molar-refractivity contribution in [2.24, 2.45) is 0 Å². The number of imide groups is 1. The van der Waals surface area contributed by atoms with E-state index in [1.54, 1.807) is 19.2 Å². The molecule has 0 bridgehead atoms. The Morgan fingerprint density at radius 3 is 2.58 bits per heavy atom. The van der Waals surface area contributed by atoms with Gasteiger partial charge in [0.25, 0.3) is 5.91 Å². The van der Waals surface area contributed by atoms with Crippen LogP contribution >= 0.6 is 0 Å². The highest BCUT2D eigenvalue weighted by atomic mass is 16.4. The van der Waals surface area contributed by atoms with Crippen molar-refractivity contribution < 1.29 is 19.5 Å². The molecule has 1 aliphatic carbocycles. The largest absolute Gasteiger partial charge is 0.478 e. The Hall–Kier alpha value is -2.37. The highest BCUT2D eigenvalue weighted by Crippen LogP contribution is 2.37. The Balaban J connectivity index is 2.02. The number of nitrogens with zero attached hydrogens (tertiary/aromatic N) is 1. The Morgan fingerprint density at radius 2 is 2.00 bits per heavy atom. The summed E-state index contributed by atoms with van der Waals surface area (Å²) in [7, 11) is 1.59. The predicted molar refractivity (Wildman–Crippen MR) is 64.8 cm³/mol. The van der Waals surface area contributed by atoms with Crippen LogP contribution in [-0.4, -0.2) is 40.5 Å². The fraction of sp³-hybridized carbons (Fsp3) is 0.308. The number of carbonyl (C=O) groups excluding carboxylic acids is 2. The van der Waals surface area contributed by atoms with Gasteiger partial charge in [-0.1, -0.05) is 6.07 Å². The summed E-state index contributed by atoms with van der Waals surface area (Å²) in [5.74, 6) is -1.31. The molecule has 0 radical (unpaired) electrons. The summed E-state index contributed by atoms with van der Waals surface area (Å²) in [6, 6.07) is 4.42. The van der Waals surface area contributed by atoms with Crippen molar-refractivity contribution in [2.45, 2.75) is 18.4 Å². The third-order valence-corrected chi connectivity index (χ3v) is 4.01. The lowest BCUT2D eigenvalue weighted by Crippen LogP contribution is -2.48. The van der Waals surface area contributed by atoms with E-state index in [0.717, 1.165) is 11.1 Å². The van der Waals surface area contributed by atoms with E-state index in [-0.39, 0.29) is 11.5 Å². The minimum Gasteiger partial charge on any atom is -0.478 e. The molecule has 3 rings (SSSR count). The number of carboxylic acid groups (broad SMARTS) is 1. The molecule has 6 heteroatoms. The molecular weight excluding hydrogens is 248 g/mol. The second-order valence-corrected chi connectivity index (χ2v) is 4.99. The number of carbonyl (C=O) groups is 3. The van der Waals surface area contributed by atoms with E-state index < -0.39 is 17.5 Å². The van der Waals surface area contributed by atoms with E-state index >= 15 is 0 Å². The minimum absolute atomic E-state index is 0.197. The van der Waals surface area contributed by atoms with E-state index in [1.165, 1.54) is 11.0 Å². The molecule has 1 aromatic carbocycles. The van der Waals surface area contributed by atoms with E-state index in [2.05, 4.69) is 5.32 Å². The predicted octanol–water partition coefficient (Wildman–Crippen LogP) is 0.404. The van der Waals surface area contributed by atoms with Crippen LogP contribution in [0.25, 0.3) is 0 Å². The lowest BCUT2D eigenvalue weighted by atomic mass is 9.95. The molecule has 1 spiro atoms. The molecule has 1 atom stereocenters. The number of fused-ring (bicyclic) bond motifs is 1. The smallest absolute Gasteiger partial charge is 0.335 e. The molecule has 1 aliphatic heterocycles. The van der Waals surface area contributed by atoms with E-state index in [4.69, 9.17) is 5.11 Å². The molecule has 3 amide bonds. The number of rotatable bonds is 1. The molecule has 1 fully saturated rings. The quantitative estimate of drug-likeness (QED) is 0.716. The SMILES string of the molecule is CN1C(=O)NC(=O)[C@]12Cc1ccc(C(=O)O)cc1C2. The second kappa shape index (κ2) is 3.57.